The van der Waals surface area contributed by atoms with Crippen molar-refractivity contribution in [3.05, 3.63) is 0 Å². The molecule has 1 amide bonds. The third-order valence-electron chi connectivity index (χ3n) is 3.66. The van der Waals surface area contributed by atoms with Gasteiger partial charge in [-0.2, -0.15) is 0 Å². The van der Waals surface area contributed by atoms with Crippen LogP contribution in [-0.4, -0.2) is 25.0 Å². The normalized spacial score (nSPS) is 22.0. The Balaban J connectivity index is 1.49. The first-order valence-electron chi connectivity index (χ1n) is 6.84. The Labute approximate surface area is 98.4 Å². The van der Waals surface area contributed by atoms with Gasteiger partial charge in [-0.1, -0.05) is 19.3 Å². The van der Waals surface area contributed by atoms with Gasteiger partial charge in [-0.05, 0) is 31.6 Å². The van der Waals surface area contributed by atoms with Gasteiger partial charge < -0.3 is 10.6 Å². The summed E-state index contributed by atoms with van der Waals surface area (Å²) in [5.74, 6) is 0.912. The average Bonchev–Trinajstić information content (AvgIpc) is 3.10. The van der Waals surface area contributed by atoms with Crippen molar-refractivity contribution in [2.45, 2.75) is 57.4 Å². The summed E-state index contributed by atoms with van der Waals surface area (Å²) in [5.41, 5.74) is 0. The maximum Gasteiger partial charge on any atom is 0.220 e. The molecule has 0 bridgehead atoms. The van der Waals surface area contributed by atoms with Gasteiger partial charge in [0.2, 0.25) is 5.91 Å². The third kappa shape index (κ3) is 4.52. The maximum absolute atomic E-state index is 11.6. The molecule has 16 heavy (non-hydrogen) atoms. The van der Waals surface area contributed by atoms with Crippen molar-refractivity contribution in [1.82, 2.24) is 10.6 Å². The molecule has 0 aromatic rings. The molecule has 0 saturated heterocycles. The number of amides is 1. The highest BCUT2D eigenvalue weighted by molar-refractivity contribution is 5.76. The Morgan fingerprint density at radius 1 is 1.00 bits per heavy atom. The van der Waals surface area contributed by atoms with Crippen LogP contribution >= 0.6 is 0 Å². The first-order chi connectivity index (χ1) is 7.84. The minimum absolute atomic E-state index is 0.254. The predicted molar refractivity (Wildman–Crippen MR) is 65.2 cm³/mol. The molecule has 2 rings (SSSR count). The summed E-state index contributed by atoms with van der Waals surface area (Å²) in [6, 6.07) is 0.746. The van der Waals surface area contributed by atoms with Crippen molar-refractivity contribution in [1.29, 1.82) is 0 Å². The zero-order valence-corrected chi connectivity index (χ0v) is 10.1. The summed E-state index contributed by atoms with van der Waals surface area (Å²) in [6.45, 7) is 1.73. The van der Waals surface area contributed by atoms with Crippen LogP contribution in [0.2, 0.25) is 0 Å². The zero-order valence-electron chi connectivity index (χ0n) is 10.1. The fourth-order valence-electron chi connectivity index (χ4n) is 2.49. The topological polar surface area (TPSA) is 41.1 Å². The highest BCUT2D eigenvalue weighted by Gasteiger charge is 2.20. The van der Waals surface area contributed by atoms with Gasteiger partial charge in [0.05, 0.1) is 0 Å². The molecule has 0 aromatic carbocycles. The molecule has 2 aliphatic rings. The molecule has 92 valence electrons. The molecule has 2 N–H and O–H groups in total. The van der Waals surface area contributed by atoms with Crippen molar-refractivity contribution in [2.75, 3.05) is 13.1 Å². The molecule has 0 aliphatic heterocycles. The Bertz CT molecular complexity index is 220. The lowest BCUT2D eigenvalue weighted by Crippen LogP contribution is -2.33. The summed E-state index contributed by atoms with van der Waals surface area (Å²) in [6.07, 6.45) is 9.91. The van der Waals surface area contributed by atoms with E-state index >= 15 is 0 Å². The van der Waals surface area contributed by atoms with Gasteiger partial charge in [-0.3, -0.25) is 4.79 Å². The van der Waals surface area contributed by atoms with Crippen LogP contribution < -0.4 is 10.6 Å². The minimum Gasteiger partial charge on any atom is -0.355 e. The molecule has 0 radical (unpaired) electrons. The van der Waals surface area contributed by atoms with E-state index in [2.05, 4.69) is 10.6 Å². The number of nitrogens with one attached hydrogen (secondary N) is 2. The number of carbonyl (C=O) groups is 1. The molecule has 2 fully saturated rings. The minimum atomic E-state index is 0.254. The van der Waals surface area contributed by atoms with Crippen molar-refractivity contribution in [2.24, 2.45) is 5.92 Å². The number of hydrogen-bond acceptors (Lipinski definition) is 2. The van der Waals surface area contributed by atoms with E-state index in [4.69, 9.17) is 0 Å². The van der Waals surface area contributed by atoms with Gasteiger partial charge in [0.1, 0.15) is 0 Å². The van der Waals surface area contributed by atoms with Crippen LogP contribution in [0.3, 0.4) is 0 Å². The van der Waals surface area contributed by atoms with E-state index in [-0.39, 0.29) is 5.91 Å². The van der Waals surface area contributed by atoms with Crippen LogP contribution in [-0.2, 0) is 4.79 Å². The fraction of sp³-hybridized carbons (Fsp3) is 0.923. The van der Waals surface area contributed by atoms with E-state index in [0.717, 1.165) is 25.6 Å². The predicted octanol–water partition coefficient (Wildman–Crippen LogP) is 1.82. The average molecular weight is 224 g/mol. The first kappa shape index (κ1) is 11.9. The summed E-state index contributed by atoms with van der Waals surface area (Å²) >= 11 is 0. The van der Waals surface area contributed by atoms with Crippen molar-refractivity contribution >= 4 is 5.91 Å². The molecule has 2 saturated carbocycles. The molecule has 0 spiro atoms. The lowest BCUT2D eigenvalue weighted by Gasteiger charge is -2.20. The molecule has 3 nitrogen and oxygen atoms in total. The second kappa shape index (κ2) is 6.24. The molecular formula is C13H24N2O. The Morgan fingerprint density at radius 3 is 2.44 bits per heavy atom. The first-order valence-corrected chi connectivity index (χ1v) is 6.84. The molecule has 0 unspecified atom stereocenters. The molecule has 2 aliphatic carbocycles. The highest BCUT2D eigenvalue weighted by atomic mass is 16.1. The fourth-order valence-corrected chi connectivity index (χ4v) is 2.49. The van der Waals surface area contributed by atoms with Crippen LogP contribution in [0.5, 0.6) is 0 Å². The number of hydrogen-bond donors (Lipinski definition) is 2. The van der Waals surface area contributed by atoms with E-state index in [0.29, 0.717) is 5.92 Å². The van der Waals surface area contributed by atoms with E-state index < -0.39 is 0 Å². The van der Waals surface area contributed by atoms with E-state index in [1.54, 1.807) is 0 Å². The smallest absolute Gasteiger partial charge is 0.220 e. The second-order valence-corrected chi connectivity index (χ2v) is 5.29. The Kier molecular flexibility index (Phi) is 4.64. The number of rotatable bonds is 6. The summed E-state index contributed by atoms with van der Waals surface area (Å²) in [5, 5.41) is 6.41. The Hall–Kier alpha value is -0.570. The van der Waals surface area contributed by atoms with Gasteiger partial charge in [0.25, 0.3) is 0 Å². The number of carbonyl (C=O) groups excluding carboxylic acids is 1. The standard InChI is InChI=1S/C13H24N2O/c16-13(10-11-4-2-1-3-5-11)15-9-8-14-12-6-7-12/h11-12,14H,1-10H2,(H,15,16). The van der Waals surface area contributed by atoms with E-state index in [1.165, 1.54) is 44.9 Å². The van der Waals surface area contributed by atoms with E-state index in [1.807, 2.05) is 0 Å². The van der Waals surface area contributed by atoms with E-state index in [9.17, 15) is 4.79 Å². The van der Waals surface area contributed by atoms with Gasteiger partial charge in [-0.25, -0.2) is 0 Å². The lowest BCUT2D eigenvalue weighted by atomic mass is 9.87. The van der Waals surface area contributed by atoms with Crippen LogP contribution in [0.4, 0.5) is 0 Å². The lowest BCUT2D eigenvalue weighted by molar-refractivity contribution is -0.122. The van der Waals surface area contributed by atoms with Crippen LogP contribution in [0.1, 0.15) is 51.4 Å². The van der Waals surface area contributed by atoms with Crippen molar-refractivity contribution < 1.29 is 4.79 Å². The van der Waals surface area contributed by atoms with Gasteiger partial charge in [-0.15, -0.1) is 0 Å². The summed E-state index contributed by atoms with van der Waals surface area (Å²) in [4.78, 5) is 11.6. The van der Waals surface area contributed by atoms with Crippen molar-refractivity contribution in [3.63, 3.8) is 0 Å². The molecule has 0 aromatic heterocycles. The Morgan fingerprint density at radius 2 is 1.75 bits per heavy atom. The third-order valence-corrected chi connectivity index (χ3v) is 3.66. The zero-order chi connectivity index (χ0) is 11.2. The quantitative estimate of drug-likeness (QED) is 0.676. The monoisotopic (exact) mass is 224 g/mol. The van der Waals surface area contributed by atoms with Crippen LogP contribution in [0.15, 0.2) is 0 Å². The molecular weight excluding hydrogens is 200 g/mol. The van der Waals surface area contributed by atoms with Gasteiger partial charge in [0, 0.05) is 25.6 Å². The summed E-state index contributed by atoms with van der Waals surface area (Å²) in [7, 11) is 0. The van der Waals surface area contributed by atoms with Gasteiger partial charge >= 0.3 is 0 Å². The second-order valence-electron chi connectivity index (χ2n) is 5.29. The SMILES string of the molecule is O=C(CC1CCCCC1)NCCNC1CC1. The van der Waals surface area contributed by atoms with Crippen LogP contribution in [0, 0.1) is 5.92 Å². The maximum atomic E-state index is 11.6. The summed E-state index contributed by atoms with van der Waals surface area (Å²) < 4.78 is 0. The van der Waals surface area contributed by atoms with Crippen molar-refractivity contribution in [3.8, 4) is 0 Å². The van der Waals surface area contributed by atoms with Gasteiger partial charge in [0.15, 0.2) is 0 Å². The largest absolute Gasteiger partial charge is 0.355 e. The highest BCUT2D eigenvalue weighted by Crippen LogP contribution is 2.25. The molecule has 3 heteroatoms. The molecule has 0 heterocycles. The van der Waals surface area contributed by atoms with Crippen LogP contribution in [0.25, 0.3) is 0 Å². The molecule has 0 atom stereocenters.